The van der Waals surface area contributed by atoms with Gasteiger partial charge in [0.2, 0.25) is 5.95 Å². The molecule has 0 N–H and O–H groups in total. The summed E-state index contributed by atoms with van der Waals surface area (Å²) in [4.78, 5) is 20.6. The lowest BCUT2D eigenvalue weighted by Gasteiger charge is -2.15. The third kappa shape index (κ3) is 4.16. The summed E-state index contributed by atoms with van der Waals surface area (Å²) in [6.45, 7) is 0. The van der Waals surface area contributed by atoms with Crippen LogP contribution in [0.3, 0.4) is 0 Å². The minimum Gasteiger partial charge on any atom is -0.307 e. The van der Waals surface area contributed by atoms with E-state index in [9.17, 15) is 0 Å². The summed E-state index contributed by atoms with van der Waals surface area (Å²) >= 11 is 1.83. The Kier molecular flexibility index (Phi) is 6.02. The average Bonchev–Trinajstić information content (AvgIpc) is 3.86. The van der Waals surface area contributed by atoms with Crippen molar-refractivity contribution >= 4 is 75.3 Å². The van der Waals surface area contributed by atoms with E-state index in [2.05, 4.69) is 137 Å². The Morgan fingerprint density at radius 2 is 1.12 bits per heavy atom. The number of nitrogens with zero attached hydrogens (tertiary/aromatic N) is 6. The van der Waals surface area contributed by atoms with Crippen LogP contribution in [-0.2, 0) is 0 Å². The number of thiophene rings is 1. The first-order valence-corrected chi connectivity index (χ1v) is 17.7. The summed E-state index contributed by atoms with van der Waals surface area (Å²) in [5.74, 6) is 1.78. The SMILES string of the molecule is c1ccc(-c2nc(-c3ccccc3-n3c4cccnc4c4c5sc6ccccc6c5ccc43)nc(-n3c4ccccc4c4ccccc43)n2)cc1. The predicted octanol–water partition coefficient (Wildman–Crippen LogP) is 11.2. The van der Waals surface area contributed by atoms with Gasteiger partial charge in [-0.3, -0.25) is 9.55 Å². The zero-order chi connectivity index (χ0) is 33.5. The Labute approximate surface area is 295 Å². The molecule has 0 aliphatic rings. The highest BCUT2D eigenvalue weighted by Gasteiger charge is 2.23. The predicted molar refractivity (Wildman–Crippen MR) is 210 cm³/mol. The first-order chi connectivity index (χ1) is 25.3. The Hall–Kier alpha value is -6.70. The van der Waals surface area contributed by atoms with E-state index >= 15 is 0 Å². The van der Waals surface area contributed by atoms with Crippen molar-refractivity contribution < 1.29 is 0 Å². The Bertz CT molecular complexity index is 3100. The van der Waals surface area contributed by atoms with Crippen LogP contribution in [0.4, 0.5) is 0 Å². The van der Waals surface area contributed by atoms with Crippen molar-refractivity contribution in [3.8, 4) is 34.4 Å². The number of pyridine rings is 1. The minimum atomic E-state index is 0.571. The van der Waals surface area contributed by atoms with E-state index in [0.717, 1.165) is 60.6 Å². The van der Waals surface area contributed by atoms with Crippen LogP contribution in [-0.4, -0.2) is 29.1 Å². The van der Waals surface area contributed by atoms with Gasteiger partial charge in [0.05, 0.1) is 33.3 Å². The van der Waals surface area contributed by atoms with Gasteiger partial charge in [0.1, 0.15) is 0 Å². The molecule has 6 aromatic carbocycles. The van der Waals surface area contributed by atoms with Gasteiger partial charge in [0, 0.05) is 53.7 Å². The average molecular weight is 671 g/mol. The second-order valence-corrected chi connectivity index (χ2v) is 13.7. The largest absolute Gasteiger partial charge is 0.307 e. The molecule has 5 aromatic heterocycles. The number of fused-ring (bicyclic) bond motifs is 10. The molecule has 7 heteroatoms. The van der Waals surface area contributed by atoms with Crippen LogP contribution >= 0.6 is 11.3 Å². The van der Waals surface area contributed by atoms with Crippen molar-refractivity contribution in [3.05, 3.63) is 158 Å². The van der Waals surface area contributed by atoms with Crippen LogP contribution in [0, 0.1) is 0 Å². The lowest BCUT2D eigenvalue weighted by Crippen LogP contribution is -2.07. The molecule has 0 spiro atoms. The first-order valence-electron chi connectivity index (χ1n) is 16.9. The molecule has 5 heterocycles. The molecular weight excluding hydrogens is 645 g/mol. The number of aromatic nitrogens is 6. The maximum Gasteiger partial charge on any atom is 0.238 e. The van der Waals surface area contributed by atoms with Crippen LogP contribution in [0.15, 0.2) is 158 Å². The van der Waals surface area contributed by atoms with Gasteiger partial charge >= 0.3 is 0 Å². The third-order valence-electron chi connectivity index (χ3n) is 9.85. The zero-order valence-electron chi connectivity index (χ0n) is 27.1. The van der Waals surface area contributed by atoms with Crippen molar-refractivity contribution in [2.24, 2.45) is 0 Å². The molecule has 238 valence electrons. The van der Waals surface area contributed by atoms with E-state index < -0.39 is 0 Å². The number of para-hydroxylation sites is 3. The lowest BCUT2D eigenvalue weighted by atomic mass is 10.1. The van der Waals surface area contributed by atoms with Crippen molar-refractivity contribution in [1.82, 2.24) is 29.1 Å². The van der Waals surface area contributed by atoms with Gasteiger partial charge < -0.3 is 4.57 Å². The second-order valence-electron chi connectivity index (χ2n) is 12.7. The van der Waals surface area contributed by atoms with Crippen LogP contribution in [0.5, 0.6) is 0 Å². The van der Waals surface area contributed by atoms with Gasteiger partial charge in [-0.05, 0) is 48.5 Å². The van der Waals surface area contributed by atoms with Crippen LogP contribution in [0.2, 0.25) is 0 Å². The summed E-state index contributed by atoms with van der Waals surface area (Å²) in [7, 11) is 0. The summed E-state index contributed by atoms with van der Waals surface area (Å²) in [5, 5.41) is 5.99. The molecule has 0 atom stereocenters. The Morgan fingerprint density at radius 3 is 1.94 bits per heavy atom. The van der Waals surface area contributed by atoms with Crippen molar-refractivity contribution in [1.29, 1.82) is 0 Å². The fourth-order valence-electron chi connectivity index (χ4n) is 7.65. The van der Waals surface area contributed by atoms with E-state index in [0.29, 0.717) is 17.6 Å². The van der Waals surface area contributed by atoms with Gasteiger partial charge in [-0.15, -0.1) is 11.3 Å². The quantitative estimate of drug-likeness (QED) is 0.187. The summed E-state index contributed by atoms with van der Waals surface area (Å²) in [6, 6.07) is 52.7. The fourth-order valence-corrected chi connectivity index (χ4v) is 8.90. The topological polar surface area (TPSA) is 61.4 Å². The molecule has 11 aromatic rings. The van der Waals surface area contributed by atoms with Gasteiger partial charge in [-0.2, -0.15) is 9.97 Å². The fraction of sp³-hybridized carbons (Fsp3) is 0. The first kappa shape index (κ1) is 28.2. The molecule has 0 aliphatic heterocycles. The van der Waals surface area contributed by atoms with Crippen LogP contribution < -0.4 is 0 Å². The molecule has 0 unspecified atom stereocenters. The lowest BCUT2D eigenvalue weighted by molar-refractivity contribution is 0.951. The van der Waals surface area contributed by atoms with Crippen molar-refractivity contribution in [3.63, 3.8) is 0 Å². The van der Waals surface area contributed by atoms with Crippen molar-refractivity contribution in [2.75, 3.05) is 0 Å². The summed E-state index contributed by atoms with van der Waals surface area (Å²) < 4.78 is 7.00. The number of hydrogen-bond acceptors (Lipinski definition) is 5. The van der Waals surface area contributed by atoms with Gasteiger partial charge in [-0.1, -0.05) is 103 Å². The van der Waals surface area contributed by atoms with E-state index in [-0.39, 0.29) is 0 Å². The molecule has 0 bridgehead atoms. The molecule has 51 heavy (non-hydrogen) atoms. The minimum absolute atomic E-state index is 0.571. The zero-order valence-corrected chi connectivity index (χ0v) is 27.9. The Morgan fingerprint density at radius 1 is 0.451 bits per heavy atom. The molecule has 6 nitrogen and oxygen atoms in total. The van der Waals surface area contributed by atoms with Gasteiger partial charge in [0.15, 0.2) is 11.6 Å². The van der Waals surface area contributed by atoms with Gasteiger partial charge in [-0.25, -0.2) is 4.98 Å². The van der Waals surface area contributed by atoms with Crippen LogP contribution in [0.25, 0.3) is 98.3 Å². The normalized spacial score (nSPS) is 11.9. The number of benzene rings is 6. The second kappa shape index (κ2) is 10.9. The molecule has 0 saturated heterocycles. The summed E-state index contributed by atoms with van der Waals surface area (Å²) in [6.07, 6.45) is 1.89. The molecule has 0 fully saturated rings. The van der Waals surface area contributed by atoms with E-state index in [1.807, 2.05) is 41.8 Å². The highest BCUT2D eigenvalue weighted by Crippen LogP contribution is 2.43. The highest BCUT2D eigenvalue weighted by molar-refractivity contribution is 7.26. The molecule has 0 aliphatic carbocycles. The van der Waals surface area contributed by atoms with E-state index in [4.69, 9.17) is 19.9 Å². The van der Waals surface area contributed by atoms with Gasteiger partial charge in [0.25, 0.3) is 0 Å². The molecule has 11 rings (SSSR count). The highest BCUT2D eigenvalue weighted by atomic mass is 32.1. The van der Waals surface area contributed by atoms with Crippen molar-refractivity contribution in [2.45, 2.75) is 0 Å². The number of rotatable bonds is 4. The molecule has 0 radical (unpaired) electrons. The van der Waals surface area contributed by atoms with Crippen LogP contribution in [0.1, 0.15) is 0 Å². The third-order valence-corrected chi connectivity index (χ3v) is 11.1. The maximum absolute atomic E-state index is 5.30. The smallest absolute Gasteiger partial charge is 0.238 e. The standard InChI is InChI=1S/C44H26N6S/c1-2-13-27(14-3-1)42-46-43(48-44(47-42)50-33-19-8-4-15-28(33)29-16-5-9-20-34(29)50)32-18-6-10-21-35(32)49-36-25-24-31-30-17-7-11-23-38(30)51-41(31)39(36)40-37(49)22-12-26-45-40/h1-26H. The Balaban J connectivity index is 1.22. The molecule has 0 amide bonds. The molecular formula is C44H26N6S. The molecule has 0 saturated carbocycles. The monoisotopic (exact) mass is 670 g/mol. The number of hydrogen-bond donors (Lipinski definition) is 0. The maximum atomic E-state index is 5.30. The van der Waals surface area contributed by atoms with E-state index in [1.165, 1.54) is 20.2 Å². The van der Waals surface area contributed by atoms with E-state index in [1.54, 1.807) is 0 Å². The summed E-state index contributed by atoms with van der Waals surface area (Å²) in [5.41, 5.74) is 8.00.